The number of hydrogen-bond acceptors (Lipinski definition) is 3. The maximum Gasteiger partial charge on any atom is 0.264 e. The first-order valence-electron chi connectivity index (χ1n) is 7.07. The van der Waals surface area contributed by atoms with Crippen molar-refractivity contribution in [3.63, 3.8) is 0 Å². The lowest BCUT2D eigenvalue weighted by Gasteiger charge is -2.26. The Bertz CT molecular complexity index is 407. The third-order valence-corrected chi connectivity index (χ3v) is 6.56. The van der Waals surface area contributed by atoms with E-state index in [9.17, 15) is 4.79 Å². The lowest BCUT2D eigenvalue weighted by Crippen LogP contribution is -2.38. The molecule has 0 radical (unpaired) electrons. The number of carbonyl (C=O) groups is 1. The van der Waals surface area contributed by atoms with E-state index in [0.29, 0.717) is 12.0 Å². The molecular weight excluding hydrogens is 244 g/mol. The van der Waals surface area contributed by atoms with Crippen molar-refractivity contribution in [3.05, 3.63) is 0 Å². The molecule has 0 spiro atoms. The Hall–Kier alpha value is -0.510. The molecule has 1 unspecified atom stereocenters. The van der Waals surface area contributed by atoms with Crippen molar-refractivity contribution in [2.24, 2.45) is 22.7 Å². The van der Waals surface area contributed by atoms with Gasteiger partial charge in [-0.25, -0.2) is 0 Å². The Morgan fingerprint density at radius 1 is 1.39 bits per heavy atom. The first kappa shape index (κ1) is 12.5. The fourth-order valence-corrected chi connectivity index (χ4v) is 4.59. The highest BCUT2D eigenvalue weighted by Crippen LogP contribution is 2.46. The monoisotopic (exact) mass is 266 g/mol. The molecule has 3 rings (SSSR count). The largest absolute Gasteiger partial charge is 0.361 e. The van der Waals surface area contributed by atoms with Crippen molar-refractivity contribution in [1.29, 1.82) is 0 Å². The van der Waals surface area contributed by atoms with Crippen LogP contribution in [0.3, 0.4) is 0 Å². The van der Waals surface area contributed by atoms with Crippen molar-refractivity contribution in [2.45, 2.75) is 57.2 Å². The van der Waals surface area contributed by atoms with Crippen molar-refractivity contribution >= 4 is 22.8 Å². The van der Waals surface area contributed by atoms with Crippen LogP contribution in [0.5, 0.6) is 0 Å². The van der Waals surface area contributed by atoms with Crippen LogP contribution in [0, 0.1) is 17.8 Å². The predicted molar refractivity (Wildman–Crippen MR) is 75.6 cm³/mol. The second-order valence-electron chi connectivity index (χ2n) is 6.51. The SMILES string of the molecule is CC(C)C1(C)SC(N[C@@H]2C[C@@H]3CC[C@@H]2C3)=NC1=O. The van der Waals surface area contributed by atoms with Gasteiger partial charge in [0.15, 0.2) is 5.17 Å². The molecule has 2 bridgehead atoms. The van der Waals surface area contributed by atoms with Crippen LogP contribution in [0.2, 0.25) is 0 Å². The van der Waals surface area contributed by atoms with E-state index in [1.807, 2.05) is 6.92 Å². The summed E-state index contributed by atoms with van der Waals surface area (Å²) in [4.78, 5) is 16.3. The highest BCUT2D eigenvalue weighted by atomic mass is 32.2. The molecule has 100 valence electrons. The Morgan fingerprint density at radius 3 is 2.67 bits per heavy atom. The van der Waals surface area contributed by atoms with Crippen molar-refractivity contribution in [3.8, 4) is 0 Å². The van der Waals surface area contributed by atoms with Gasteiger partial charge < -0.3 is 5.32 Å². The molecule has 2 aliphatic carbocycles. The van der Waals surface area contributed by atoms with Gasteiger partial charge in [-0.1, -0.05) is 32.0 Å². The molecular formula is C14H22N2OS. The Balaban J connectivity index is 1.65. The van der Waals surface area contributed by atoms with Crippen LogP contribution in [-0.2, 0) is 4.79 Å². The van der Waals surface area contributed by atoms with Gasteiger partial charge in [-0.2, -0.15) is 4.99 Å². The van der Waals surface area contributed by atoms with Crippen molar-refractivity contribution < 1.29 is 4.79 Å². The molecule has 1 N–H and O–H groups in total. The summed E-state index contributed by atoms with van der Waals surface area (Å²) in [6.45, 7) is 6.21. The molecule has 4 heteroatoms. The number of aliphatic imine (C=N–C) groups is 1. The van der Waals surface area contributed by atoms with Crippen molar-refractivity contribution in [2.75, 3.05) is 0 Å². The number of amides is 1. The zero-order valence-electron chi connectivity index (χ0n) is 11.4. The van der Waals surface area contributed by atoms with Gasteiger partial charge in [0.2, 0.25) is 0 Å². The molecule has 1 aliphatic heterocycles. The van der Waals surface area contributed by atoms with Gasteiger partial charge >= 0.3 is 0 Å². The standard InChI is InChI=1S/C14H22N2OS/c1-8(2)14(3)12(17)16-13(18-14)15-11-7-9-4-5-10(11)6-9/h8-11H,4-7H2,1-3H3,(H,15,16,17)/t9-,10-,11-,14?/m1/s1. The second kappa shape index (κ2) is 4.26. The second-order valence-corrected chi connectivity index (χ2v) is 7.95. The summed E-state index contributed by atoms with van der Waals surface area (Å²) in [5.41, 5.74) is 0. The summed E-state index contributed by atoms with van der Waals surface area (Å²) in [5.74, 6) is 2.09. The van der Waals surface area contributed by atoms with Crippen molar-refractivity contribution in [1.82, 2.24) is 5.32 Å². The van der Waals surface area contributed by atoms with Crippen LogP contribution in [-0.4, -0.2) is 21.9 Å². The maximum absolute atomic E-state index is 12.0. The fraction of sp³-hybridized carbons (Fsp3) is 0.857. The normalized spacial score (nSPS) is 42.8. The molecule has 4 atom stereocenters. The van der Waals surface area contributed by atoms with Crippen LogP contribution in [0.1, 0.15) is 46.5 Å². The summed E-state index contributed by atoms with van der Waals surface area (Å²) in [6.07, 6.45) is 5.42. The molecule has 3 aliphatic rings. The molecule has 18 heavy (non-hydrogen) atoms. The highest BCUT2D eigenvalue weighted by molar-refractivity contribution is 8.16. The number of amidine groups is 1. The van der Waals surface area contributed by atoms with Gasteiger partial charge in [-0.15, -0.1) is 0 Å². The van der Waals surface area contributed by atoms with E-state index in [0.717, 1.165) is 17.0 Å². The zero-order chi connectivity index (χ0) is 12.9. The molecule has 2 saturated carbocycles. The summed E-state index contributed by atoms with van der Waals surface area (Å²) in [6, 6.07) is 0.567. The minimum atomic E-state index is -0.361. The average Bonchev–Trinajstić information content (AvgIpc) is 2.95. The third-order valence-electron chi connectivity index (χ3n) is 5.09. The summed E-state index contributed by atoms with van der Waals surface area (Å²) < 4.78 is -0.361. The van der Waals surface area contributed by atoms with Crippen LogP contribution >= 0.6 is 11.8 Å². The number of rotatable bonds is 2. The Kier molecular flexibility index (Phi) is 2.96. The van der Waals surface area contributed by atoms with E-state index >= 15 is 0 Å². The lowest BCUT2D eigenvalue weighted by molar-refractivity contribution is -0.120. The molecule has 3 nitrogen and oxygen atoms in total. The van der Waals surface area contributed by atoms with Gasteiger partial charge in [-0.05, 0) is 43.9 Å². The summed E-state index contributed by atoms with van der Waals surface area (Å²) in [5, 5.41) is 4.41. The zero-order valence-corrected chi connectivity index (χ0v) is 12.2. The van der Waals surface area contributed by atoms with Crippen LogP contribution in [0.15, 0.2) is 4.99 Å². The van der Waals surface area contributed by atoms with Crippen LogP contribution < -0.4 is 5.32 Å². The highest BCUT2D eigenvalue weighted by Gasteiger charge is 2.46. The van der Waals surface area contributed by atoms with E-state index in [4.69, 9.17) is 0 Å². The van der Waals surface area contributed by atoms with E-state index in [1.165, 1.54) is 25.7 Å². The third kappa shape index (κ3) is 1.89. The number of nitrogens with zero attached hydrogens (tertiary/aromatic N) is 1. The average molecular weight is 266 g/mol. The number of hydrogen-bond donors (Lipinski definition) is 1. The first-order chi connectivity index (χ1) is 8.49. The van der Waals surface area contributed by atoms with Crippen LogP contribution in [0.25, 0.3) is 0 Å². The first-order valence-corrected chi connectivity index (χ1v) is 7.89. The Morgan fingerprint density at radius 2 is 2.17 bits per heavy atom. The molecule has 1 heterocycles. The van der Waals surface area contributed by atoms with E-state index in [-0.39, 0.29) is 10.7 Å². The number of thioether (sulfide) groups is 1. The molecule has 0 aromatic rings. The quantitative estimate of drug-likeness (QED) is 0.835. The minimum absolute atomic E-state index is 0.0353. The molecule has 2 fully saturated rings. The topological polar surface area (TPSA) is 41.5 Å². The lowest BCUT2D eigenvalue weighted by atomic mass is 9.96. The minimum Gasteiger partial charge on any atom is -0.361 e. The molecule has 0 saturated heterocycles. The Labute approximate surface area is 113 Å². The molecule has 0 aromatic carbocycles. The van der Waals surface area contributed by atoms with Gasteiger partial charge in [0.1, 0.15) is 4.75 Å². The van der Waals surface area contributed by atoms with Gasteiger partial charge in [0.25, 0.3) is 5.91 Å². The molecule has 1 amide bonds. The van der Waals surface area contributed by atoms with Crippen LogP contribution in [0.4, 0.5) is 0 Å². The van der Waals surface area contributed by atoms with Gasteiger partial charge in [0.05, 0.1) is 0 Å². The number of nitrogens with one attached hydrogen (secondary N) is 1. The van der Waals surface area contributed by atoms with E-state index in [2.05, 4.69) is 24.2 Å². The van der Waals surface area contributed by atoms with E-state index in [1.54, 1.807) is 11.8 Å². The molecule has 0 aromatic heterocycles. The van der Waals surface area contributed by atoms with Gasteiger partial charge in [0, 0.05) is 6.04 Å². The van der Waals surface area contributed by atoms with E-state index < -0.39 is 0 Å². The number of carbonyl (C=O) groups excluding carboxylic acids is 1. The predicted octanol–water partition coefficient (Wildman–Crippen LogP) is 2.81. The smallest absolute Gasteiger partial charge is 0.264 e. The summed E-state index contributed by atoms with van der Waals surface area (Å²) >= 11 is 1.63. The van der Waals surface area contributed by atoms with Gasteiger partial charge in [-0.3, -0.25) is 4.79 Å². The fourth-order valence-electron chi connectivity index (χ4n) is 3.48. The summed E-state index contributed by atoms with van der Waals surface area (Å²) in [7, 11) is 0. The number of fused-ring (bicyclic) bond motifs is 2. The maximum atomic E-state index is 12.0.